The van der Waals surface area contributed by atoms with Gasteiger partial charge in [-0.3, -0.25) is 4.79 Å². The topological polar surface area (TPSA) is 132 Å². The summed E-state index contributed by atoms with van der Waals surface area (Å²) in [6.07, 6.45) is 0.253. The first-order chi connectivity index (χ1) is 21.3. The lowest BCUT2D eigenvalue weighted by Crippen LogP contribution is -2.59. The normalized spacial score (nSPS) is 13.2. The van der Waals surface area contributed by atoms with Crippen molar-refractivity contribution in [2.45, 2.75) is 79.1 Å². The number of hydrogen-bond acceptors (Lipinski definition) is 7. The van der Waals surface area contributed by atoms with Crippen LogP contribution in [0, 0.1) is 0 Å². The molecule has 0 aliphatic heterocycles. The number of nitrogens with zero attached hydrogens (tertiary/aromatic N) is 1. The number of ether oxygens (including phenoxy) is 3. The van der Waals surface area contributed by atoms with Crippen molar-refractivity contribution in [1.29, 1.82) is 0 Å². The van der Waals surface area contributed by atoms with Crippen molar-refractivity contribution in [3.8, 4) is 0 Å². The summed E-state index contributed by atoms with van der Waals surface area (Å²) in [6.45, 7) is 18.2. The number of nitrogens with one attached hydrogen (secondary N) is 3. The van der Waals surface area contributed by atoms with Gasteiger partial charge in [0.1, 0.15) is 23.3 Å². The van der Waals surface area contributed by atoms with E-state index in [0.717, 1.165) is 16.3 Å². The molecule has 3 N–H and O–H groups in total. The maximum Gasteiger partial charge on any atom is 0.407 e. The molecule has 12 heteroatoms. The Morgan fingerprint density at radius 1 is 0.660 bits per heavy atom. The number of benzene rings is 2. The Morgan fingerprint density at radius 2 is 1.06 bits per heavy atom. The largest absolute Gasteiger partial charge is 0.444 e. The smallest absolute Gasteiger partial charge is 0.407 e. The van der Waals surface area contributed by atoms with Crippen LogP contribution in [0.15, 0.2) is 42.0 Å². The Balaban J connectivity index is 0.00000768. The number of amides is 3. The number of halogens is 1. The van der Waals surface area contributed by atoms with Gasteiger partial charge in [-0.2, -0.15) is 0 Å². The van der Waals surface area contributed by atoms with Gasteiger partial charge in [0.05, 0.1) is 44.8 Å². The maximum atomic E-state index is 13.9. The molecule has 0 aromatic heterocycles. The second-order valence-corrected chi connectivity index (χ2v) is 14.7. The minimum absolute atomic E-state index is 0. The Kier molecular flexibility index (Phi) is 13.3. The summed E-state index contributed by atoms with van der Waals surface area (Å²) in [7, 11) is 0. The molecular weight excluding hydrogens is 624 g/mol. The van der Waals surface area contributed by atoms with Crippen molar-refractivity contribution >= 4 is 53.3 Å². The van der Waals surface area contributed by atoms with Gasteiger partial charge in [-0.1, -0.05) is 36.4 Å². The van der Waals surface area contributed by atoms with Crippen LogP contribution in [0.3, 0.4) is 0 Å². The summed E-state index contributed by atoms with van der Waals surface area (Å²) in [5.74, 6) is -0.0768. The van der Waals surface area contributed by atoms with Crippen molar-refractivity contribution in [2.24, 2.45) is 0 Å². The van der Waals surface area contributed by atoms with Crippen molar-refractivity contribution in [1.82, 2.24) is 16.0 Å². The zero-order valence-corrected chi connectivity index (χ0v) is 30.0. The van der Waals surface area contributed by atoms with Gasteiger partial charge in [0, 0.05) is 10.9 Å². The molecule has 0 fully saturated rings. The van der Waals surface area contributed by atoms with Crippen LogP contribution < -0.4 is 16.0 Å². The van der Waals surface area contributed by atoms with Gasteiger partial charge < -0.3 is 34.6 Å². The van der Waals surface area contributed by atoms with Gasteiger partial charge in [-0.15, -0.1) is 12.4 Å². The van der Waals surface area contributed by atoms with Gasteiger partial charge in [0.15, 0.2) is 5.78 Å². The lowest BCUT2D eigenvalue weighted by molar-refractivity contribution is -0.920. The first-order valence-corrected chi connectivity index (χ1v) is 15.8. The summed E-state index contributed by atoms with van der Waals surface area (Å²) in [6, 6.07) is 11.7. The molecule has 0 unspecified atom stereocenters. The molecule has 3 rings (SSSR count). The first kappa shape index (κ1) is 39.3. The fourth-order valence-electron chi connectivity index (χ4n) is 5.29. The van der Waals surface area contributed by atoms with Gasteiger partial charge in [0.25, 0.3) is 0 Å². The van der Waals surface area contributed by atoms with Crippen molar-refractivity contribution < 1.29 is 37.9 Å². The van der Waals surface area contributed by atoms with Gasteiger partial charge in [-0.05, 0) is 79.3 Å². The lowest BCUT2D eigenvalue weighted by atomic mass is 9.87. The van der Waals surface area contributed by atoms with E-state index in [1.165, 1.54) is 0 Å². The molecule has 0 heterocycles. The zero-order valence-electron chi connectivity index (χ0n) is 29.2. The Labute approximate surface area is 284 Å². The summed E-state index contributed by atoms with van der Waals surface area (Å²) < 4.78 is 16.6. The van der Waals surface area contributed by atoms with E-state index < -0.39 is 35.1 Å². The molecule has 1 aliphatic rings. The highest BCUT2D eigenvalue weighted by atomic mass is 35.5. The minimum Gasteiger partial charge on any atom is -0.444 e. The quantitative estimate of drug-likeness (QED) is 0.190. The third-order valence-electron chi connectivity index (χ3n) is 7.07. The highest BCUT2D eigenvalue weighted by Gasteiger charge is 2.34. The molecule has 260 valence electrons. The van der Waals surface area contributed by atoms with E-state index in [0.29, 0.717) is 30.8 Å². The van der Waals surface area contributed by atoms with Crippen LogP contribution in [0.2, 0.25) is 0 Å². The number of ketones is 1. The molecule has 3 amide bonds. The molecule has 0 saturated heterocycles. The number of carbonyl (C=O) groups excluding carboxylic acids is 4. The molecule has 11 nitrogen and oxygen atoms in total. The third-order valence-corrected chi connectivity index (χ3v) is 7.07. The van der Waals surface area contributed by atoms with Crippen molar-refractivity contribution in [2.75, 3.05) is 45.8 Å². The average Bonchev–Trinajstić information content (AvgIpc) is 2.88. The number of Topliss-reactive ketones (excluding diaryl/α,β-unsaturated/α-hetero) is 1. The summed E-state index contributed by atoms with van der Waals surface area (Å²) >= 11 is 0. The van der Waals surface area contributed by atoms with E-state index in [1.807, 2.05) is 42.5 Å². The van der Waals surface area contributed by atoms with Crippen LogP contribution in [0.5, 0.6) is 0 Å². The van der Waals surface area contributed by atoms with Crippen LogP contribution in [0.1, 0.15) is 78.2 Å². The molecule has 0 atom stereocenters. The molecular formula is C35H52ClN4O7+. The SMILES string of the molecule is CC(C)(C)OC(=O)NCC[N+](CCNC(=O)OC(C)(C)C)(CCNC(=O)OC(C)(C)C)CC1=Cc2cccc3cccc(c23)C1=O.Cl. The number of hydrogen-bond donors (Lipinski definition) is 3. The zero-order chi connectivity index (χ0) is 34.3. The fraction of sp³-hybridized carbons (Fsp3) is 0.543. The molecule has 2 aromatic rings. The summed E-state index contributed by atoms with van der Waals surface area (Å²) in [5.41, 5.74) is 0.175. The van der Waals surface area contributed by atoms with Gasteiger partial charge in [-0.25, -0.2) is 14.4 Å². The van der Waals surface area contributed by atoms with E-state index in [4.69, 9.17) is 14.2 Å². The van der Waals surface area contributed by atoms with Crippen molar-refractivity contribution in [3.05, 3.63) is 53.1 Å². The van der Waals surface area contributed by atoms with E-state index in [9.17, 15) is 19.2 Å². The summed E-state index contributed by atoms with van der Waals surface area (Å²) in [5, 5.41) is 10.4. The van der Waals surface area contributed by atoms with E-state index in [1.54, 1.807) is 62.3 Å². The predicted molar refractivity (Wildman–Crippen MR) is 186 cm³/mol. The molecule has 0 saturated carbocycles. The van der Waals surface area contributed by atoms with E-state index in [2.05, 4.69) is 16.0 Å². The van der Waals surface area contributed by atoms with Crippen LogP contribution in [-0.2, 0) is 14.2 Å². The van der Waals surface area contributed by atoms with Crippen LogP contribution in [0.25, 0.3) is 16.8 Å². The molecule has 0 spiro atoms. The number of rotatable bonds is 11. The van der Waals surface area contributed by atoms with E-state index >= 15 is 0 Å². The number of alkyl carbamates (subject to hydrolysis) is 3. The first-order valence-electron chi connectivity index (χ1n) is 15.8. The Morgan fingerprint density at radius 3 is 1.47 bits per heavy atom. The maximum absolute atomic E-state index is 13.9. The molecule has 47 heavy (non-hydrogen) atoms. The second kappa shape index (κ2) is 15.8. The van der Waals surface area contributed by atoms with Crippen LogP contribution in [-0.4, -0.2) is 91.2 Å². The highest BCUT2D eigenvalue weighted by molar-refractivity contribution is 6.22. The lowest BCUT2D eigenvalue weighted by Gasteiger charge is -2.40. The van der Waals surface area contributed by atoms with Crippen LogP contribution in [0.4, 0.5) is 14.4 Å². The van der Waals surface area contributed by atoms with Gasteiger partial charge >= 0.3 is 18.3 Å². The second-order valence-electron chi connectivity index (χ2n) is 14.7. The minimum atomic E-state index is -0.668. The molecule has 0 radical (unpaired) electrons. The number of carbonyl (C=O) groups is 4. The third kappa shape index (κ3) is 12.7. The molecule has 1 aliphatic carbocycles. The monoisotopic (exact) mass is 675 g/mol. The predicted octanol–water partition coefficient (Wildman–Crippen LogP) is 6.23. The highest BCUT2D eigenvalue weighted by Crippen LogP contribution is 2.32. The Hall–Kier alpha value is -3.83. The average molecular weight is 676 g/mol. The summed E-state index contributed by atoms with van der Waals surface area (Å²) in [4.78, 5) is 51.6. The van der Waals surface area contributed by atoms with E-state index in [-0.39, 0.29) is 48.9 Å². The fourth-order valence-corrected chi connectivity index (χ4v) is 5.29. The Bertz CT molecular complexity index is 1380. The molecule has 2 aromatic carbocycles. The number of quaternary nitrogens is 1. The van der Waals surface area contributed by atoms with Gasteiger partial charge in [0.2, 0.25) is 0 Å². The molecule has 0 bridgehead atoms. The van der Waals surface area contributed by atoms with Crippen molar-refractivity contribution in [3.63, 3.8) is 0 Å². The van der Waals surface area contributed by atoms with Crippen LogP contribution >= 0.6 is 12.4 Å². The standard InChI is InChI=1S/C35H50N4O7.ClH/c1-33(2,3)44-30(41)36-16-19-39(20-17-37-31(42)45-34(4,5)6,21-18-38-32(43)46-35(7,8)9)23-26-22-25-14-10-12-24-13-11-15-27(28(24)25)29(26)40;/h10-15,22H,16-21,23H2,1-9H3,(H2-,36,37,38,41,42,43);1H/p+1.